The molecule has 2 rings (SSSR count). The average Bonchev–Trinajstić information content (AvgIpc) is 2.41. The first-order valence-corrected chi connectivity index (χ1v) is 6.38. The lowest BCUT2D eigenvalue weighted by atomic mass is 9.85. The first-order valence-electron chi connectivity index (χ1n) is 6.38. The summed E-state index contributed by atoms with van der Waals surface area (Å²) < 4.78 is 37.6. The molecule has 1 N–H and O–H groups in total. The molecule has 2 atom stereocenters. The number of carbonyl (C=O) groups excluding carboxylic acids is 1. The third-order valence-electron chi connectivity index (χ3n) is 3.80. The summed E-state index contributed by atoms with van der Waals surface area (Å²) >= 11 is 0. The van der Waals surface area contributed by atoms with Crippen LogP contribution in [0, 0.1) is 5.92 Å². The van der Waals surface area contributed by atoms with Gasteiger partial charge in [-0.25, -0.2) is 0 Å². The molecule has 1 fully saturated rings. The van der Waals surface area contributed by atoms with Gasteiger partial charge < -0.3 is 10.0 Å². The number of carbonyl (C=O) groups is 1. The predicted molar refractivity (Wildman–Crippen MR) is 66.8 cm³/mol. The number of hydrogen-bond acceptors (Lipinski definition) is 2. The third kappa shape index (κ3) is 2.80. The van der Waals surface area contributed by atoms with E-state index >= 15 is 0 Å². The van der Waals surface area contributed by atoms with Crippen molar-refractivity contribution in [3.05, 3.63) is 35.4 Å². The lowest BCUT2D eigenvalue weighted by molar-refractivity contribution is -0.139. The van der Waals surface area contributed by atoms with Gasteiger partial charge in [-0.15, -0.1) is 0 Å². The number of amides is 1. The Bertz CT molecular complexity index is 484. The Balaban J connectivity index is 2.30. The van der Waals surface area contributed by atoms with E-state index in [1.807, 2.05) is 0 Å². The van der Waals surface area contributed by atoms with Crippen LogP contribution in [-0.2, 0) is 11.0 Å². The zero-order valence-electron chi connectivity index (χ0n) is 11.0. The molecular weight excluding hydrogens is 271 g/mol. The number of nitrogens with zero attached hydrogens (tertiary/aromatic N) is 1. The van der Waals surface area contributed by atoms with E-state index in [1.54, 1.807) is 7.05 Å². The molecule has 1 aliphatic rings. The number of likely N-dealkylation sites (tertiary alicyclic amines) is 1. The van der Waals surface area contributed by atoms with Crippen LogP contribution >= 0.6 is 0 Å². The fourth-order valence-corrected chi connectivity index (χ4v) is 2.67. The molecule has 0 saturated carbocycles. The summed E-state index contributed by atoms with van der Waals surface area (Å²) in [5, 5.41) is 9.39. The SMILES string of the molecule is CN1C(=O)CCC(CO)C1c1ccc(C(F)(F)F)cc1. The fraction of sp³-hybridized carbons (Fsp3) is 0.500. The van der Waals surface area contributed by atoms with Crippen LogP contribution in [0.25, 0.3) is 0 Å². The van der Waals surface area contributed by atoms with Gasteiger partial charge in [-0.3, -0.25) is 4.79 Å². The van der Waals surface area contributed by atoms with Crippen LogP contribution in [0.3, 0.4) is 0 Å². The summed E-state index contributed by atoms with van der Waals surface area (Å²) in [5.74, 6) is -0.200. The van der Waals surface area contributed by atoms with Crippen LogP contribution < -0.4 is 0 Å². The monoisotopic (exact) mass is 287 g/mol. The van der Waals surface area contributed by atoms with E-state index < -0.39 is 11.7 Å². The summed E-state index contributed by atoms with van der Waals surface area (Å²) in [7, 11) is 1.62. The van der Waals surface area contributed by atoms with E-state index in [1.165, 1.54) is 17.0 Å². The molecule has 0 aliphatic carbocycles. The summed E-state index contributed by atoms with van der Waals surface area (Å²) in [6.07, 6.45) is -3.46. The zero-order valence-corrected chi connectivity index (χ0v) is 11.0. The zero-order chi connectivity index (χ0) is 14.9. The highest BCUT2D eigenvalue weighted by Crippen LogP contribution is 2.37. The molecule has 1 heterocycles. The van der Waals surface area contributed by atoms with Crippen LogP contribution in [0.4, 0.5) is 13.2 Å². The maximum atomic E-state index is 12.5. The van der Waals surface area contributed by atoms with Crippen LogP contribution in [0.5, 0.6) is 0 Å². The Kier molecular flexibility index (Phi) is 4.04. The number of rotatable bonds is 2. The largest absolute Gasteiger partial charge is 0.416 e. The highest BCUT2D eigenvalue weighted by Gasteiger charge is 2.35. The van der Waals surface area contributed by atoms with E-state index in [9.17, 15) is 23.1 Å². The molecule has 1 aromatic carbocycles. The Morgan fingerprint density at radius 3 is 2.40 bits per heavy atom. The Morgan fingerprint density at radius 2 is 1.90 bits per heavy atom. The van der Waals surface area contributed by atoms with E-state index in [0.29, 0.717) is 18.4 Å². The molecule has 110 valence electrons. The van der Waals surface area contributed by atoms with Gasteiger partial charge in [-0.2, -0.15) is 13.2 Å². The minimum absolute atomic E-state index is 0.0559. The molecule has 0 bridgehead atoms. The molecule has 3 nitrogen and oxygen atoms in total. The highest BCUT2D eigenvalue weighted by molar-refractivity contribution is 5.77. The quantitative estimate of drug-likeness (QED) is 0.908. The van der Waals surface area contributed by atoms with Crippen molar-refractivity contribution in [2.24, 2.45) is 5.92 Å². The van der Waals surface area contributed by atoms with E-state index in [4.69, 9.17) is 0 Å². The number of benzene rings is 1. The van der Waals surface area contributed by atoms with Crippen molar-refractivity contribution >= 4 is 5.91 Å². The first kappa shape index (κ1) is 14.8. The summed E-state index contributed by atoms with van der Waals surface area (Å²) in [6, 6.07) is 4.41. The second-order valence-electron chi connectivity index (χ2n) is 5.05. The van der Waals surface area contributed by atoms with Gasteiger partial charge in [0.2, 0.25) is 5.91 Å². The topological polar surface area (TPSA) is 40.5 Å². The standard InChI is InChI=1S/C14H16F3NO2/c1-18-12(20)7-4-10(8-19)13(18)9-2-5-11(6-3-9)14(15,16)17/h2-3,5-6,10,13,19H,4,7-8H2,1H3. The van der Waals surface area contributed by atoms with Gasteiger partial charge in [-0.05, 0) is 24.1 Å². The molecule has 1 saturated heterocycles. The van der Waals surface area contributed by atoms with Crippen molar-refractivity contribution < 1.29 is 23.1 Å². The lowest BCUT2D eigenvalue weighted by Gasteiger charge is -2.38. The van der Waals surface area contributed by atoms with Crippen LogP contribution in [0.2, 0.25) is 0 Å². The molecule has 0 aromatic heterocycles. The molecule has 6 heteroatoms. The van der Waals surface area contributed by atoms with Crippen LogP contribution in [-0.4, -0.2) is 29.6 Å². The van der Waals surface area contributed by atoms with E-state index in [-0.39, 0.29) is 24.5 Å². The summed E-state index contributed by atoms with van der Waals surface area (Å²) in [5.41, 5.74) is -0.0980. The van der Waals surface area contributed by atoms with E-state index in [0.717, 1.165) is 12.1 Å². The van der Waals surface area contributed by atoms with Crippen molar-refractivity contribution in [1.82, 2.24) is 4.90 Å². The van der Waals surface area contributed by atoms with Crippen molar-refractivity contribution in [2.45, 2.75) is 25.1 Å². The van der Waals surface area contributed by atoms with Crippen molar-refractivity contribution in [2.75, 3.05) is 13.7 Å². The average molecular weight is 287 g/mol. The van der Waals surface area contributed by atoms with Gasteiger partial charge in [0.05, 0.1) is 11.6 Å². The maximum Gasteiger partial charge on any atom is 0.416 e. The molecule has 0 spiro atoms. The number of aliphatic hydroxyl groups excluding tert-OH is 1. The number of hydrogen-bond donors (Lipinski definition) is 1. The normalized spacial score (nSPS) is 24.1. The summed E-state index contributed by atoms with van der Waals surface area (Å²) in [4.78, 5) is 13.2. The number of alkyl halides is 3. The van der Waals surface area contributed by atoms with Crippen LogP contribution in [0.1, 0.15) is 30.0 Å². The van der Waals surface area contributed by atoms with Crippen molar-refractivity contribution in [1.29, 1.82) is 0 Å². The molecular formula is C14H16F3NO2. The van der Waals surface area contributed by atoms with Gasteiger partial charge in [0.1, 0.15) is 0 Å². The molecule has 2 unspecified atom stereocenters. The molecule has 1 amide bonds. The lowest BCUT2D eigenvalue weighted by Crippen LogP contribution is -2.41. The molecule has 1 aliphatic heterocycles. The maximum absolute atomic E-state index is 12.5. The Hall–Kier alpha value is -1.56. The van der Waals surface area contributed by atoms with Gasteiger partial charge in [0, 0.05) is 26.0 Å². The van der Waals surface area contributed by atoms with Gasteiger partial charge in [-0.1, -0.05) is 12.1 Å². The smallest absolute Gasteiger partial charge is 0.396 e. The minimum Gasteiger partial charge on any atom is -0.396 e. The summed E-state index contributed by atoms with van der Waals surface area (Å²) in [6.45, 7) is -0.0939. The van der Waals surface area contributed by atoms with Gasteiger partial charge in [0.15, 0.2) is 0 Å². The Labute approximate surface area is 115 Å². The molecule has 20 heavy (non-hydrogen) atoms. The van der Waals surface area contributed by atoms with Gasteiger partial charge >= 0.3 is 6.18 Å². The Morgan fingerprint density at radius 1 is 1.30 bits per heavy atom. The minimum atomic E-state index is -4.37. The second-order valence-corrected chi connectivity index (χ2v) is 5.05. The molecule has 1 aromatic rings. The number of aliphatic hydroxyl groups is 1. The molecule has 0 radical (unpaired) electrons. The fourth-order valence-electron chi connectivity index (χ4n) is 2.67. The number of halogens is 3. The van der Waals surface area contributed by atoms with Gasteiger partial charge in [0.25, 0.3) is 0 Å². The first-order chi connectivity index (χ1) is 9.34. The van der Waals surface area contributed by atoms with E-state index in [2.05, 4.69) is 0 Å². The van der Waals surface area contributed by atoms with Crippen molar-refractivity contribution in [3.8, 4) is 0 Å². The highest BCUT2D eigenvalue weighted by atomic mass is 19.4. The predicted octanol–water partition coefficient (Wildman–Crippen LogP) is 2.61. The third-order valence-corrected chi connectivity index (χ3v) is 3.80. The van der Waals surface area contributed by atoms with Crippen molar-refractivity contribution in [3.63, 3.8) is 0 Å². The second kappa shape index (κ2) is 5.44. The van der Waals surface area contributed by atoms with Crippen LogP contribution in [0.15, 0.2) is 24.3 Å². The number of piperidine rings is 1.